The molecule has 1 unspecified atom stereocenters. The molecular formula is C105H195N3O20. The second-order valence-corrected chi connectivity index (χ2v) is 39.0. The summed E-state index contributed by atoms with van der Waals surface area (Å²) in [4.78, 5) is 111. The van der Waals surface area contributed by atoms with Gasteiger partial charge >= 0.3 is 53.7 Å². The smallest absolute Gasteiger partial charge is 0.306 e. The van der Waals surface area contributed by atoms with Gasteiger partial charge in [-0.05, 0) is 299 Å². The highest BCUT2D eigenvalue weighted by Gasteiger charge is 2.23. The normalized spacial score (nSPS) is 15.6. The van der Waals surface area contributed by atoms with E-state index in [1.165, 1.54) is 96.3 Å². The third-order valence-electron chi connectivity index (χ3n) is 25.5. The molecule has 0 aliphatic heterocycles. The zero-order valence-corrected chi connectivity index (χ0v) is 82.8. The summed E-state index contributed by atoms with van der Waals surface area (Å²) in [6.07, 6.45) is 78.9. The Morgan fingerprint density at radius 3 is 0.555 bits per heavy atom. The second-order valence-electron chi connectivity index (χ2n) is 39.0. The van der Waals surface area contributed by atoms with Crippen molar-refractivity contribution in [2.75, 3.05) is 61.9 Å². The van der Waals surface area contributed by atoms with E-state index in [1.807, 2.05) is 42.3 Å². The summed E-state index contributed by atoms with van der Waals surface area (Å²) in [7, 11) is 12.1. The molecule has 750 valence electrons. The molecule has 5 rings (SSSR count). The lowest BCUT2D eigenvalue weighted by Crippen LogP contribution is -2.20. The van der Waals surface area contributed by atoms with Crippen LogP contribution in [0.4, 0.5) is 0 Å². The van der Waals surface area contributed by atoms with Gasteiger partial charge in [0.05, 0.1) is 12.2 Å². The number of rotatable bonds is 72. The first-order valence-electron chi connectivity index (χ1n) is 53.0. The first kappa shape index (κ1) is 121. The van der Waals surface area contributed by atoms with Crippen molar-refractivity contribution >= 4 is 53.7 Å². The van der Waals surface area contributed by atoms with E-state index in [1.54, 1.807) is 0 Å². The monoisotopic (exact) mass is 1820 g/mol. The number of aliphatic hydroxyl groups excluding tert-OH is 2. The van der Waals surface area contributed by atoms with Gasteiger partial charge in [0.1, 0.15) is 36.6 Å². The number of hydrogen-bond donors (Lipinski definition) is 5. The fourth-order valence-electron chi connectivity index (χ4n) is 17.7. The number of ether oxygens (including phenoxy) is 6. The SMILES string of the molecule is CN(C)CCCC(=O)OC(CCCCCCCCC(=O)O)CCCCCCCCC(=O)O.CN(C)CCCC(=O)OC(CCCCCCCCC(=O)O)CCCCCCCCC(=O)OC1CCCCC1.CN(C)CCCC(=O)OC(CCCCCCCCC(=O)OC1CCCCC1)CCCCCCCCC(=O)OC1CCCCC1.OC1CCCCC1.OC1CCCCC1. The van der Waals surface area contributed by atoms with E-state index in [2.05, 4.69) is 14.7 Å². The minimum absolute atomic E-state index is 0.00317. The predicted molar refractivity (Wildman–Crippen MR) is 515 cm³/mol. The molecule has 0 amide bonds. The van der Waals surface area contributed by atoms with Crippen molar-refractivity contribution in [1.82, 2.24) is 14.7 Å². The molecule has 23 nitrogen and oxygen atoms in total. The number of esters is 6. The lowest BCUT2D eigenvalue weighted by Gasteiger charge is -2.21. The van der Waals surface area contributed by atoms with Crippen LogP contribution in [-0.4, -0.2) is 205 Å². The Morgan fingerprint density at radius 2 is 0.383 bits per heavy atom. The van der Waals surface area contributed by atoms with Gasteiger partial charge < -0.3 is 68.7 Å². The van der Waals surface area contributed by atoms with Gasteiger partial charge in [-0.1, -0.05) is 212 Å². The molecule has 5 aliphatic carbocycles. The number of nitrogens with zero attached hydrogens (tertiary/aromatic N) is 3. The number of carboxylic acids is 3. The van der Waals surface area contributed by atoms with Gasteiger partial charge in [0.25, 0.3) is 0 Å². The van der Waals surface area contributed by atoms with E-state index in [0.29, 0.717) is 38.5 Å². The first-order valence-corrected chi connectivity index (χ1v) is 53.0. The van der Waals surface area contributed by atoms with Crippen molar-refractivity contribution in [2.24, 2.45) is 0 Å². The molecule has 5 N–H and O–H groups in total. The van der Waals surface area contributed by atoms with Crippen molar-refractivity contribution in [3.8, 4) is 0 Å². The third-order valence-corrected chi connectivity index (χ3v) is 25.5. The average molecular weight is 1820 g/mol. The van der Waals surface area contributed by atoms with Crippen LogP contribution in [0.25, 0.3) is 0 Å². The Balaban J connectivity index is 0.000000894. The van der Waals surface area contributed by atoms with Crippen LogP contribution in [0.1, 0.15) is 507 Å². The number of aliphatic carboxylic acids is 3. The van der Waals surface area contributed by atoms with Gasteiger partial charge in [-0.2, -0.15) is 0 Å². The van der Waals surface area contributed by atoms with E-state index in [9.17, 15) is 43.2 Å². The molecule has 0 saturated heterocycles. The molecule has 1 atom stereocenters. The summed E-state index contributed by atoms with van der Waals surface area (Å²) in [5, 5.41) is 43.9. The largest absolute Gasteiger partial charge is 0.481 e. The lowest BCUT2D eigenvalue weighted by atomic mass is 9.98. The Morgan fingerprint density at radius 1 is 0.219 bits per heavy atom. The highest BCUT2D eigenvalue weighted by Crippen LogP contribution is 2.28. The quantitative estimate of drug-likeness (QED) is 0.0215. The maximum atomic E-state index is 12.5. The Hall–Kier alpha value is -4.97. The predicted octanol–water partition coefficient (Wildman–Crippen LogP) is 24.9. The van der Waals surface area contributed by atoms with Gasteiger partial charge in [0, 0.05) is 57.8 Å². The number of carbonyl (C=O) groups is 9. The maximum absolute atomic E-state index is 12.5. The van der Waals surface area contributed by atoms with Gasteiger partial charge in [-0.3, -0.25) is 43.2 Å². The number of unbranched alkanes of at least 4 members (excludes halogenated alkanes) is 30. The molecule has 0 spiro atoms. The molecule has 0 radical (unpaired) electrons. The number of aliphatic hydroxyl groups is 2. The summed E-state index contributed by atoms with van der Waals surface area (Å²) in [5.41, 5.74) is 0. The Labute approximate surface area is 779 Å². The Kier molecular flexibility index (Phi) is 82.6. The van der Waals surface area contributed by atoms with E-state index < -0.39 is 17.9 Å². The summed E-state index contributed by atoms with van der Waals surface area (Å²) in [6.45, 7) is 2.67. The molecule has 0 heterocycles. The van der Waals surface area contributed by atoms with E-state index in [4.69, 9.17) is 54.0 Å². The summed E-state index contributed by atoms with van der Waals surface area (Å²) >= 11 is 0. The van der Waals surface area contributed by atoms with Crippen molar-refractivity contribution in [3.63, 3.8) is 0 Å². The van der Waals surface area contributed by atoms with Gasteiger partial charge in [0.15, 0.2) is 0 Å². The highest BCUT2D eigenvalue weighted by atomic mass is 16.6. The topological polar surface area (TPSA) is 320 Å². The third kappa shape index (κ3) is 85.2. The number of carboxylic acid groups (broad SMARTS) is 3. The fraction of sp³-hybridized carbons (Fsp3) is 0.914. The molecule has 0 bridgehead atoms. The molecule has 5 saturated carbocycles. The average Bonchev–Trinajstić information content (AvgIpc) is 0.759. The van der Waals surface area contributed by atoms with Crippen LogP contribution in [-0.2, 0) is 71.6 Å². The van der Waals surface area contributed by atoms with E-state index in [-0.39, 0.29) is 104 Å². The zero-order chi connectivity index (χ0) is 93.8. The zero-order valence-electron chi connectivity index (χ0n) is 82.8. The van der Waals surface area contributed by atoms with Crippen LogP contribution in [0.3, 0.4) is 0 Å². The molecule has 23 heteroatoms. The van der Waals surface area contributed by atoms with Crippen LogP contribution < -0.4 is 0 Å². The first-order chi connectivity index (χ1) is 61.9. The number of hydrogen-bond acceptors (Lipinski definition) is 20. The minimum atomic E-state index is -0.722. The standard InChI is InChI=1S/C37H67NO6.C31H57NO6.C25H47NO6.2C6H12O/c1-38(2)31-21-30-37(41)44-32(22-13-7-3-5-9-19-28-35(39)42-33-24-15-11-16-25-33)23-14-8-4-6-10-20-29-36(40)43-34-26-17-12-18-27-34;1-32(2)26-18-25-31(36)38-27(19-12-7-3-5-9-16-23-29(33)34)20-13-8-4-6-10-17-24-30(35)37-28-21-14-11-15-22-28;1-26(2)21-15-20-25(31)32-22(16-11-7-3-5-9-13-18-23(27)28)17-12-8-4-6-10-14-19-24(29)30;2*7-6-4-2-1-3-5-6/h32-34H,3-31H2,1-2H3;27-28H,3-26H2,1-2H3,(H,33,34);22H,3-21H2,1-2H3,(H,27,28)(H,29,30);2*6-7H,1-5H2. The molecule has 0 aromatic rings. The highest BCUT2D eigenvalue weighted by molar-refractivity contribution is 5.72. The van der Waals surface area contributed by atoms with Crippen molar-refractivity contribution < 1.29 is 97.1 Å². The maximum Gasteiger partial charge on any atom is 0.306 e. The van der Waals surface area contributed by atoms with Crippen LogP contribution in [0.15, 0.2) is 0 Å². The van der Waals surface area contributed by atoms with Crippen LogP contribution >= 0.6 is 0 Å². The fourth-order valence-corrected chi connectivity index (χ4v) is 17.7. The van der Waals surface area contributed by atoms with Crippen LogP contribution in [0, 0.1) is 0 Å². The second kappa shape index (κ2) is 87.4. The lowest BCUT2D eigenvalue weighted by molar-refractivity contribution is -0.151. The molecule has 0 aromatic carbocycles. The summed E-state index contributed by atoms with van der Waals surface area (Å²) in [5.74, 6) is -2.44. The van der Waals surface area contributed by atoms with Crippen molar-refractivity contribution in [3.05, 3.63) is 0 Å². The van der Waals surface area contributed by atoms with Crippen molar-refractivity contribution in [1.29, 1.82) is 0 Å². The van der Waals surface area contributed by atoms with Crippen LogP contribution in [0.2, 0.25) is 0 Å². The van der Waals surface area contributed by atoms with Gasteiger partial charge in [-0.25, -0.2) is 0 Å². The van der Waals surface area contributed by atoms with Crippen LogP contribution in [0.5, 0.6) is 0 Å². The van der Waals surface area contributed by atoms with Gasteiger partial charge in [-0.15, -0.1) is 0 Å². The molecular weight excluding hydrogens is 1620 g/mol. The molecule has 128 heavy (non-hydrogen) atoms. The van der Waals surface area contributed by atoms with Gasteiger partial charge in [0.2, 0.25) is 0 Å². The van der Waals surface area contributed by atoms with E-state index >= 15 is 0 Å². The molecule has 5 fully saturated rings. The number of carbonyl (C=O) groups excluding carboxylic acids is 6. The van der Waals surface area contributed by atoms with E-state index in [0.717, 1.165) is 373 Å². The summed E-state index contributed by atoms with van der Waals surface area (Å²) in [6, 6.07) is 0. The molecule has 5 aliphatic rings. The Bertz CT molecular complexity index is 2540. The van der Waals surface area contributed by atoms with Crippen molar-refractivity contribution in [2.45, 2.75) is 556 Å². The minimum Gasteiger partial charge on any atom is -0.481 e. The molecule has 0 aromatic heterocycles. The summed E-state index contributed by atoms with van der Waals surface area (Å²) < 4.78 is 34.4.